The molecule has 1 amide bonds. The summed E-state index contributed by atoms with van der Waals surface area (Å²) in [5, 5.41) is 0. The van der Waals surface area contributed by atoms with Crippen molar-refractivity contribution in [2.24, 2.45) is 0 Å². The first-order valence-electron chi connectivity index (χ1n) is 3.47. The Morgan fingerprint density at radius 2 is 2.33 bits per heavy atom. The fourth-order valence-electron chi connectivity index (χ4n) is 1.16. The van der Waals surface area contributed by atoms with Crippen molar-refractivity contribution in [2.45, 2.75) is 32.2 Å². The SMILES string of the molecule is C[C@@H]1CCCC(=O)N1C. The zero-order chi connectivity index (χ0) is 6.85. The highest BCUT2D eigenvalue weighted by Crippen LogP contribution is 2.14. The molecule has 1 saturated heterocycles. The van der Waals surface area contributed by atoms with Gasteiger partial charge in [0.1, 0.15) is 0 Å². The lowest BCUT2D eigenvalue weighted by molar-refractivity contribution is -0.134. The van der Waals surface area contributed by atoms with Gasteiger partial charge in [0.25, 0.3) is 0 Å². The number of carbonyl (C=O) groups is 1. The third-order valence-corrected chi connectivity index (χ3v) is 2.07. The molecule has 0 N–H and O–H groups in total. The van der Waals surface area contributed by atoms with Crippen molar-refractivity contribution in [3.05, 3.63) is 0 Å². The fourth-order valence-corrected chi connectivity index (χ4v) is 1.16. The standard InChI is InChI=1S/C7H13NO/c1-6-4-3-5-7(9)8(6)2/h6H,3-5H2,1-2H3/t6-/m1/s1. The van der Waals surface area contributed by atoms with Crippen LogP contribution in [0.2, 0.25) is 0 Å². The second-order valence-corrected chi connectivity index (χ2v) is 2.75. The molecule has 1 aliphatic heterocycles. The van der Waals surface area contributed by atoms with Crippen LogP contribution >= 0.6 is 0 Å². The van der Waals surface area contributed by atoms with Gasteiger partial charge < -0.3 is 4.90 Å². The predicted molar refractivity (Wildman–Crippen MR) is 36.1 cm³/mol. The maximum atomic E-state index is 10.9. The summed E-state index contributed by atoms with van der Waals surface area (Å²) in [6.07, 6.45) is 2.99. The summed E-state index contributed by atoms with van der Waals surface area (Å²) < 4.78 is 0. The van der Waals surface area contributed by atoms with Crippen LogP contribution in [0, 0.1) is 0 Å². The van der Waals surface area contributed by atoms with Crippen LogP contribution in [0.4, 0.5) is 0 Å². The molecule has 0 aromatic carbocycles. The van der Waals surface area contributed by atoms with Crippen LogP contribution in [0.25, 0.3) is 0 Å². The van der Waals surface area contributed by atoms with E-state index in [1.165, 1.54) is 6.42 Å². The van der Waals surface area contributed by atoms with E-state index in [0.717, 1.165) is 12.8 Å². The van der Waals surface area contributed by atoms with Crippen molar-refractivity contribution in [1.29, 1.82) is 0 Å². The largest absolute Gasteiger partial charge is 0.343 e. The lowest BCUT2D eigenvalue weighted by Crippen LogP contribution is -2.38. The quantitative estimate of drug-likeness (QED) is 0.475. The molecule has 1 rings (SSSR count). The third-order valence-electron chi connectivity index (χ3n) is 2.07. The monoisotopic (exact) mass is 127 g/mol. The Hall–Kier alpha value is -0.530. The molecule has 0 aromatic heterocycles. The van der Waals surface area contributed by atoms with Gasteiger partial charge in [0.2, 0.25) is 5.91 Å². The highest BCUT2D eigenvalue weighted by molar-refractivity contribution is 5.76. The van der Waals surface area contributed by atoms with Crippen molar-refractivity contribution in [1.82, 2.24) is 4.90 Å². The number of amides is 1. The molecule has 1 heterocycles. The summed E-state index contributed by atoms with van der Waals surface area (Å²) in [5.41, 5.74) is 0. The van der Waals surface area contributed by atoms with Crippen LogP contribution in [0.5, 0.6) is 0 Å². The highest BCUT2D eigenvalue weighted by atomic mass is 16.2. The number of hydrogen-bond acceptors (Lipinski definition) is 1. The van der Waals surface area contributed by atoms with Gasteiger partial charge in [0.05, 0.1) is 0 Å². The van der Waals surface area contributed by atoms with Crippen LogP contribution in [-0.4, -0.2) is 23.9 Å². The normalized spacial score (nSPS) is 28.9. The number of hydrogen-bond donors (Lipinski definition) is 0. The summed E-state index contributed by atoms with van der Waals surface area (Å²) in [4.78, 5) is 12.8. The van der Waals surface area contributed by atoms with Gasteiger partial charge in [0.15, 0.2) is 0 Å². The Balaban J connectivity index is 2.51. The summed E-state index contributed by atoms with van der Waals surface area (Å²) in [6, 6.07) is 0.464. The second kappa shape index (κ2) is 2.38. The second-order valence-electron chi connectivity index (χ2n) is 2.75. The molecule has 2 nitrogen and oxygen atoms in total. The van der Waals surface area contributed by atoms with Gasteiger partial charge >= 0.3 is 0 Å². The highest BCUT2D eigenvalue weighted by Gasteiger charge is 2.19. The van der Waals surface area contributed by atoms with E-state index in [2.05, 4.69) is 6.92 Å². The minimum absolute atomic E-state index is 0.300. The molecular weight excluding hydrogens is 114 g/mol. The van der Waals surface area contributed by atoms with E-state index in [0.29, 0.717) is 11.9 Å². The Morgan fingerprint density at radius 3 is 2.78 bits per heavy atom. The topological polar surface area (TPSA) is 20.3 Å². The number of carbonyl (C=O) groups excluding carboxylic acids is 1. The minimum Gasteiger partial charge on any atom is -0.343 e. The van der Waals surface area contributed by atoms with E-state index in [1.807, 2.05) is 11.9 Å². The van der Waals surface area contributed by atoms with Crippen molar-refractivity contribution in [3.8, 4) is 0 Å². The summed E-state index contributed by atoms with van der Waals surface area (Å²) >= 11 is 0. The first-order chi connectivity index (χ1) is 4.22. The van der Waals surface area contributed by atoms with E-state index < -0.39 is 0 Å². The maximum Gasteiger partial charge on any atom is 0.222 e. The Bertz CT molecular complexity index is 122. The number of rotatable bonds is 0. The van der Waals surface area contributed by atoms with Gasteiger partial charge in [-0.15, -0.1) is 0 Å². The van der Waals surface area contributed by atoms with Crippen molar-refractivity contribution in [3.63, 3.8) is 0 Å². The van der Waals surface area contributed by atoms with Gasteiger partial charge in [-0.3, -0.25) is 4.79 Å². The summed E-state index contributed by atoms with van der Waals surface area (Å²) in [6.45, 7) is 2.09. The van der Waals surface area contributed by atoms with Gasteiger partial charge in [-0.25, -0.2) is 0 Å². The molecule has 2 heteroatoms. The van der Waals surface area contributed by atoms with Gasteiger partial charge in [-0.1, -0.05) is 0 Å². The molecule has 1 atom stereocenters. The first-order valence-corrected chi connectivity index (χ1v) is 3.47. The van der Waals surface area contributed by atoms with Crippen molar-refractivity contribution >= 4 is 5.91 Å². The molecule has 0 spiro atoms. The molecule has 0 saturated carbocycles. The molecule has 0 unspecified atom stereocenters. The lowest BCUT2D eigenvalue weighted by Gasteiger charge is -2.29. The maximum absolute atomic E-state index is 10.9. The van der Waals surface area contributed by atoms with Crippen LogP contribution in [-0.2, 0) is 4.79 Å². The van der Waals surface area contributed by atoms with Gasteiger partial charge in [0, 0.05) is 19.5 Å². The van der Waals surface area contributed by atoms with Crippen LogP contribution in [0.1, 0.15) is 26.2 Å². The summed E-state index contributed by atoms with van der Waals surface area (Å²) in [7, 11) is 1.88. The van der Waals surface area contributed by atoms with E-state index in [-0.39, 0.29) is 0 Å². The molecule has 0 radical (unpaired) electrons. The molecular formula is C7H13NO. The molecule has 1 aliphatic rings. The fraction of sp³-hybridized carbons (Fsp3) is 0.857. The summed E-state index contributed by atoms with van der Waals surface area (Å²) in [5.74, 6) is 0.300. The number of piperidine rings is 1. The Kier molecular flexibility index (Phi) is 1.74. The Morgan fingerprint density at radius 1 is 1.67 bits per heavy atom. The molecule has 1 fully saturated rings. The Labute approximate surface area is 55.8 Å². The van der Waals surface area contributed by atoms with Gasteiger partial charge in [-0.05, 0) is 19.8 Å². The lowest BCUT2D eigenvalue weighted by atomic mass is 10.0. The molecule has 52 valence electrons. The number of nitrogens with zero attached hydrogens (tertiary/aromatic N) is 1. The molecule has 0 aliphatic carbocycles. The van der Waals surface area contributed by atoms with E-state index in [1.54, 1.807) is 0 Å². The average molecular weight is 127 g/mol. The van der Waals surface area contributed by atoms with E-state index >= 15 is 0 Å². The number of likely N-dealkylation sites (tertiary alicyclic amines) is 1. The first kappa shape index (κ1) is 6.59. The van der Waals surface area contributed by atoms with E-state index in [4.69, 9.17) is 0 Å². The van der Waals surface area contributed by atoms with Crippen molar-refractivity contribution < 1.29 is 4.79 Å². The molecule has 0 aromatic rings. The zero-order valence-electron chi connectivity index (χ0n) is 6.05. The van der Waals surface area contributed by atoms with Crippen molar-refractivity contribution in [2.75, 3.05) is 7.05 Å². The van der Waals surface area contributed by atoms with Crippen LogP contribution in [0.3, 0.4) is 0 Å². The third kappa shape index (κ3) is 1.23. The predicted octanol–water partition coefficient (Wildman–Crippen LogP) is 1.02. The molecule has 0 bridgehead atoms. The smallest absolute Gasteiger partial charge is 0.222 e. The average Bonchev–Trinajstić information content (AvgIpc) is 1.83. The minimum atomic E-state index is 0.300. The van der Waals surface area contributed by atoms with Crippen LogP contribution in [0.15, 0.2) is 0 Å². The zero-order valence-corrected chi connectivity index (χ0v) is 6.05. The van der Waals surface area contributed by atoms with Gasteiger partial charge in [-0.2, -0.15) is 0 Å². The van der Waals surface area contributed by atoms with Crippen LogP contribution < -0.4 is 0 Å². The van der Waals surface area contributed by atoms with E-state index in [9.17, 15) is 4.79 Å². The molecule has 9 heavy (non-hydrogen) atoms.